The number of aromatic nitrogens is 1. The molecule has 1 aliphatic carbocycles. The number of hydrogen-bond acceptors (Lipinski definition) is 2. The second-order valence-corrected chi connectivity index (χ2v) is 6.69. The molecule has 1 fully saturated rings. The molecule has 1 amide bonds. The summed E-state index contributed by atoms with van der Waals surface area (Å²) >= 11 is 9.62. The zero-order valence-corrected chi connectivity index (χ0v) is 14.3. The molecule has 2 aromatic rings. The number of carbonyl (C=O) groups is 1. The van der Waals surface area contributed by atoms with Crippen molar-refractivity contribution < 1.29 is 4.79 Å². The van der Waals surface area contributed by atoms with Gasteiger partial charge in [0.15, 0.2) is 0 Å². The van der Waals surface area contributed by atoms with Crippen LogP contribution in [0.5, 0.6) is 0 Å². The number of pyridine rings is 1. The molecule has 3 rings (SSSR count). The molecule has 0 saturated heterocycles. The summed E-state index contributed by atoms with van der Waals surface area (Å²) in [6.45, 7) is 0. The average Bonchev–Trinajstić information content (AvgIpc) is 2.96. The van der Waals surface area contributed by atoms with Crippen LogP contribution in [0.25, 0.3) is 0 Å². The van der Waals surface area contributed by atoms with Crippen molar-refractivity contribution in [2.24, 2.45) is 0 Å². The summed E-state index contributed by atoms with van der Waals surface area (Å²) in [6, 6.07) is 11.8. The number of amides is 1. The van der Waals surface area contributed by atoms with Crippen LogP contribution in [-0.2, 0) is 0 Å². The van der Waals surface area contributed by atoms with E-state index >= 15 is 0 Å². The first-order valence-corrected chi connectivity index (χ1v) is 8.49. The number of nitrogens with zero attached hydrogens (tertiary/aromatic N) is 1. The van der Waals surface area contributed by atoms with E-state index in [1.807, 2.05) is 18.2 Å². The van der Waals surface area contributed by atoms with Gasteiger partial charge in [-0.25, -0.2) is 4.98 Å². The fourth-order valence-corrected chi connectivity index (χ4v) is 3.87. The smallest absolute Gasteiger partial charge is 0.254 e. The molecule has 0 unspecified atom stereocenters. The van der Waals surface area contributed by atoms with Crippen molar-refractivity contribution in [1.29, 1.82) is 0 Å². The van der Waals surface area contributed by atoms with Crippen molar-refractivity contribution in [3.8, 4) is 0 Å². The molecule has 1 aliphatic rings. The van der Waals surface area contributed by atoms with Crippen molar-refractivity contribution in [2.45, 2.75) is 31.2 Å². The van der Waals surface area contributed by atoms with Crippen LogP contribution in [0.2, 0.25) is 5.15 Å². The van der Waals surface area contributed by atoms with E-state index in [0.29, 0.717) is 11.5 Å². The fraction of sp³-hybridized carbons (Fsp3) is 0.294. The minimum atomic E-state index is -0.151. The molecule has 1 saturated carbocycles. The Morgan fingerprint density at radius 1 is 1.23 bits per heavy atom. The zero-order chi connectivity index (χ0) is 15.5. The fourth-order valence-electron chi connectivity index (χ4n) is 3.08. The largest absolute Gasteiger partial charge is 0.349 e. The van der Waals surface area contributed by atoms with Gasteiger partial charge in [0.25, 0.3) is 5.91 Å². The second-order valence-electron chi connectivity index (χ2n) is 5.48. The minimum absolute atomic E-state index is 0.127. The van der Waals surface area contributed by atoms with Gasteiger partial charge in [0.05, 0.1) is 5.56 Å². The Kier molecular flexibility index (Phi) is 4.79. The highest BCUT2D eigenvalue weighted by atomic mass is 79.9. The standard InChI is InChI=1S/C17H16BrClN2O/c18-14-8-2-1-5-11(14)12-6-3-9-15(12)21-17(22)13-7-4-10-20-16(13)19/h1-2,4-5,7-8,10,12,15H,3,6,9H2,(H,21,22)/t12-,15-/m0/s1. The summed E-state index contributed by atoms with van der Waals surface area (Å²) in [5.41, 5.74) is 1.68. The number of hydrogen-bond donors (Lipinski definition) is 1. The summed E-state index contributed by atoms with van der Waals surface area (Å²) in [5, 5.41) is 3.37. The quantitative estimate of drug-likeness (QED) is 0.794. The molecule has 3 nitrogen and oxygen atoms in total. The lowest BCUT2D eigenvalue weighted by Gasteiger charge is -2.22. The van der Waals surface area contributed by atoms with Crippen LogP contribution in [0.4, 0.5) is 0 Å². The van der Waals surface area contributed by atoms with E-state index < -0.39 is 0 Å². The van der Waals surface area contributed by atoms with Crippen molar-refractivity contribution in [1.82, 2.24) is 10.3 Å². The van der Waals surface area contributed by atoms with Crippen LogP contribution in [0.1, 0.15) is 41.1 Å². The van der Waals surface area contributed by atoms with Gasteiger partial charge in [-0.1, -0.05) is 52.2 Å². The molecule has 0 bridgehead atoms. The summed E-state index contributed by atoms with van der Waals surface area (Å²) < 4.78 is 1.10. The van der Waals surface area contributed by atoms with Crippen molar-refractivity contribution in [3.63, 3.8) is 0 Å². The Bertz CT molecular complexity index is 692. The van der Waals surface area contributed by atoms with Crippen LogP contribution >= 0.6 is 27.5 Å². The van der Waals surface area contributed by atoms with E-state index in [-0.39, 0.29) is 17.1 Å². The molecule has 5 heteroatoms. The Morgan fingerprint density at radius 2 is 2.05 bits per heavy atom. The predicted molar refractivity (Wildman–Crippen MR) is 91.2 cm³/mol. The van der Waals surface area contributed by atoms with Crippen molar-refractivity contribution in [3.05, 3.63) is 63.3 Å². The molecule has 114 valence electrons. The first-order chi connectivity index (χ1) is 10.7. The lowest BCUT2D eigenvalue weighted by Crippen LogP contribution is -2.36. The summed E-state index contributed by atoms with van der Waals surface area (Å²) in [4.78, 5) is 16.4. The second kappa shape index (κ2) is 6.80. The first kappa shape index (κ1) is 15.5. The molecule has 0 aliphatic heterocycles. The van der Waals surface area contributed by atoms with Gasteiger partial charge >= 0.3 is 0 Å². The number of rotatable bonds is 3. The lowest BCUT2D eigenvalue weighted by atomic mass is 9.94. The Labute approximate surface area is 143 Å². The minimum Gasteiger partial charge on any atom is -0.349 e. The molecule has 1 N–H and O–H groups in total. The van der Waals surface area contributed by atoms with E-state index in [2.05, 4.69) is 32.3 Å². The van der Waals surface area contributed by atoms with E-state index in [4.69, 9.17) is 11.6 Å². The van der Waals surface area contributed by atoms with E-state index in [1.165, 1.54) is 5.56 Å². The van der Waals surface area contributed by atoms with Gasteiger partial charge in [-0.05, 0) is 36.6 Å². The molecular weight excluding hydrogens is 364 g/mol. The normalized spacial score (nSPS) is 20.8. The van der Waals surface area contributed by atoms with Gasteiger partial charge < -0.3 is 5.32 Å². The highest BCUT2D eigenvalue weighted by Crippen LogP contribution is 2.38. The van der Waals surface area contributed by atoms with Crippen LogP contribution < -0.4 is 5.32 Å². The van der Waals surface area contributed by atoms with Gasteiger partial charge in [0, 0.05) is 22.6 Å². The third-order valence-electron chi connectivity index (χ3n) is 4.14. The molecule has 0 spiro atoms. The molecule has 22 heavy (non-hydrogen) atoms. The van der Waals surface area contributed by atoms with Crippen LogP contribution in [0.15, 0.2) is 47.1 Å². The molecule has 0 radical (unpaired) electrons. The van der Waals surface area contributed by atoms with E-state index in [1.54, 1.807) is 18.3 Å². The first-order valence-electron chi connectivity index (χ1n) is 7.32. The van der Waals surface area contributed by atoms with Gasteiger partial charge in [-0.3, -0.25) is 4.79 Å². The highest BCUT2D eigenvalue weighted by molar-refractivity contribution is 9.10. The van der Waals surface area contributed by atoms with Gasteiger partial charge in [0.2, 0.25) is 0 Å². The Hall–Kier alpha value is -1.39. The van der Waals surface area contributed by atoms with Crippen molar-refractivity contribution >= 4 is 33.4 Å². The number of benzene rings is 1. The topological polar surface area (TPSA) is 42.0 Å². The Morgan fingerprint density at radius 3 is 2.82 bits per heavy atom. The number of nitrogens with one attached hydrogen (secondary N) is 1. The van der Waals surface area contributed by atoms with E-state index in [9.17, 15) is 4.79 Å². The summed E-state index contributed by atoms with van der Waals surface area (Å²) in [7, 11) is 0. The van der Waals surface area contributed by atoms with Crippen molar-refractivity contribution in [2.75, 3.05) is 0 Å². The molecular formula is C17H16BrClN2O. The molecule has 2 atom stereocenters. The third-order valence-corrected chi connectivity index (χ3v) is 5.16. The van der Waals surface area contributed by atoms with Crippen LogP contribution in [0, 0.1) is 0 Å². The summed E-state index contributed by atoms with van der Waals surface area (Å²) in [5.74, 6) is 0.178. The Balaban J connectivity index is 1.79. The monoisotopic (exact) mass is 378 g/mol. The lowest BCUT2D eigenvalue weighted by molar-refractivity contribution is 0.0934. The van der Waals surface area contributed by atoms with Crippen LogP contribution in [-0.4, -0.2) is 16.9 Å². The maximum atomic E-state index is 12.4. The molecule has 1 aromatic heterocycles. The number of carbonyl (C=O) groups excluding carboxylic acids is 1. The van der Waals surface area contributed by atoms with E-state index in [0.717, 1.165) is 23.7 Å². The predicted octanol–water partition coefficient (Wildman–Crippen LogP) is 4.56. The third kappa shape index (κ3) is 3.18. The average molecular weight is 380 g/mol. The highest BCUT2D eigenvalue weighted by Gasteiger charge is 2.31. The maximum absolute atomic E-state index is 12.4. The van der Waals surface area contributed by atoms with Gasteiger partial charge in [-0.2, -0.15) is 0 Å². The summed E-state index contributed by atoms with van der Waals surface area (Å²) in [6.07, 6.45) is 4.75. The molecule has 1 aromatic carbocycles. The molecule has 1 heterocycles. The van der Waals surface area contributed by atoms with Gasteiger partial charge in [0.1, 0.15) is 5.15 Å². The van der Waals surface area contributed by atoms with Crippen LogP contribution in [0.3, 0.4) is 0 Å². The number of halogens is 2. The maximum Gasteiger partial charge on any atom is 0.254 e. The SMILES string of the molecule is O=C(N[C@H]1CCC[C@H]1c1ccccc1Br)c1cccnc1Cl. The van der Waals surface area contributed by atoms with Gasteiger partial charge in [-0.15, -0.1) is 0 Å². The zero-order valence-electron chi connectivity index (χ0n) is 11.9.